The lowest BCUT2D eigenvalue weighted by molar-refractivity contribution is 0.171. The van der Waals surface area contributed by atoms with Gasteiger partial charge >= 0.3 is 0 Å². The van der Waals surface area contributed by atoms with E-state index in [1.807, 2.05) is 0 Å². The van der Waals surface area contributed by atoms with Gasteiger partial charge < -0.3 is 9.84 Å². The van der Waals surface area contributed by atoms with Crippen molar-refractivity contribution in [2.24, 2.45) is 0 Å². The van der Waals surface area contributed by atoms with Gasteiger partial charge in [-0.3, -0.25) is 4.68 Å². The molecule has 1 aromatic carbocycles. The molecule has 1 aromatic heterocycles. The van der Waals surface area contributed by atoms with Crippen LogP contribution < -0.4 is 0 Å². The highest BCUT2D eigenvalue weighted by atomic mass is 79.9. The summed E-state index contributed by atoms with van der Waals surface area (Å²) < 4.78 is 20.5. The zero-order valence-corrected chi connectivity index (χ0v) is 13.0. The fourth-order valence-corrected chi connectivity index (χ4v) is 2.62. The molecule has 1 N–H and O–H groups in total. The number of rotatable bonds is 5. The Morgan fingerprint density at radius 1 is 1.50 bits per heavy atom. The van der Waals surface area contributed by atoms with Crippen LogP contribution in [-0.4, -0.2) is 28.6 Å². The van der Waals surface area contributed by atoms with Gasteiger partial charge in [-0.15, -0.1) is 0 Å². The molecule has 1 unspecified atom stereocenters. The number of aliphatic hydroxyl groups is 1. The van der Waals surface area contributed by atoms with E-state index in [-0.39, 0.29) is 0 Å². The van der Waals surface area contributed by atoms with Crippen molar-refractivity contribution < 1.29 is 14.2 Å². The van der Waals surface area contributed by atoms with E-state index in [4.69, 9.17) is 16.3 Å². The highest BCUT2D eigenvalue weighted by Gasteiger charge is 2.20. The number of hydrogen-bond acceptors (Lipinski definition) is 3. The highest BCUT2D eigenvalue weighted by Crippen LogP contribution is 2.30. The first-order valence-corrected chi connectivity index (χ1v) is 7.04. The molecule has 0 saturated carbocycles. The van der Waals surface area contributed by atoms with Gasteiger partial charge in [0, 0.05) is 11.6 Å². The number of methoxy groups -OCH3 is 1. The van der Waals surface area contributed by atoms with Crippen molar-refractivity contribution in [3.8, 4) is 0 Å². The van der Waals surface area contributed by atoms with Crippen LogP contribution in [0.4, 0.5) is 4.39 Å². The Bertz CT molecular complexity index is 586. The summed E-state index contributed by atoms with van der Waals surface area (Å²) in [5.41, 5.74) is 0.819. The van der Waals surface area contributed by atoms with Crippen LogP contribution in [0.3, 0.4) is 0 Å². The van der Waals surface area contributed by atoms with Crippen molar-refractivity contribution in [3.63, 3.8) is 0 Å². The quantitative estimate of drug-likeness (QED) is 0.887. The number of aromatic nitrogens is 2. The molecule has 0 bridgehead atoms. The first kappa shape index (κ1) is 15.4. The maximum atomic E-state index is 13.4. The van der Waals surface area contributed by atoms with Gasteiger partial charge in [-0.1, -0.05) is 27.5 Å². The van der Waals surface area contributed by atoms with Gasteiger partial charge in [0.2, 0.25) is 0 Å². The molecule has 0 radical (unpaired) electrons. The van der Waals surface area contributed by atoms with E-state index in [2.05, 4.69) is 21.0 Å². The first-order valence-electron chi connectivity index (χ1n) is 5.87. The molecule has 2 aromatic rings. The van der Waals surface area contributed by atoms with Crippen molar-refractivity contribution >= 4 is 27.5 Å². The second-order valence-electron chi connectivity index (χ2n) is 4.20. The van der Waals surface area contributed by atoms with Crippen LogP contribution in [0.5, 0.6) is 0 Å². The first-order chi connectivity index (χ1) is 9.52. The summed E-state index contributed by atoms with van der Waals surface area (Å²) in [6.07, 6.45) is 0.387. The Morgan fingerprint density at radius 3 is 2.90 bits per heavy atom. The second kappa shape index (κ2) is 6.67. The predicted octanol–water partition coefficient (Wildman–Crippen LogP) is 3.17. The summed E-state index contributed by atoms with van der Waals surface area (Å²) in [5, 5.41) is 14.8. The molecule has 1 heterocycles. The number of benzene rings is 1. The molecule has 20 heavy (non-hydrogen) atoms. The third kappa shape index (κ3) is 3.38. The Kier molecular flexibility index (Phi) is 5.15. The van der Waals surface area contributed by atoms with Crippen molar-refractivity contribution in [2.75, 3.05) is 13.7 Å². The summed E-state index contributed by atoms with van der Waals surface area (Å²) in [5.74, 6) is -0.437. The fourth-order valence-electron chi connectivity index (χ4n) is 1.89. The average Bonchev–Trinajstić information content (AvgIpc) is 2.75. The Morgan fingerprint density at radius 2 is 2.25 bits per heavy atom. The molecule has 4 nitrogen and oxygen atoms in total. The summed E-state index contributed by atoms with van der Waals surface area (Å²) in [7, 11) is 1.57. The molecule has 108 valence electrons. The monoisotopic (exact) mass is 362 g/mol. The van der Waals surface area contributed by atoms with E-state index >= 15 is 0 Å². The summed E-state index contributed by atoms with van der Waals surface area (Å²) in [6.45, 7) is 0.886. The number of hydrogen-bond donors (Lipinski definition) is 1. The van der Waals surface area contributed by atoms with Crippen LogP contribution in [-0.2, 0) is 11.3 Å². The summed E-state index contributed by atoms with van der Waals surface area (Å²) in [4.78, 5) is 0. The van der Waals surface area contributed by atoms with Crippen LogP contribution in [0.2, 0.25) is 5.02 Å². The average molecular weight is 364 g/mol. The lowest BCUT2D eigenvalue weighted by Gasteiger charge is -2.15. The number of halogens is 3. The highest BCUT2D eigenvalue weighted by molar-refractivity contribution is 9.10. The Hall–Kier alpha value is -0.950. The standard InChI is InChI=1S/C13H13BrClFN2O2/c1-20-3-2-18-12(11(15)7-17-18)13(19)8-4-9(14)6-10(16)5-8/h4-7,13,19H,2-3H2,1H3. The maximum Gasteiger partial charge on any atom is 0.124 e. The third-order valence-corrected chi connectivity index (χ3v) is 3.55. The zero-order valence-electron chi connectivity index (χ0n) is 10.7. The lowest BCUT2D eigenvalue weighted by Crippen LogP contribution is -2.13. The maximum absolute atomic E-state index is 13.4. The van der Waals surface area contributed by atoms with Gasteiger partial charge in [0.15, 0.2) is 0 Å². The fraction of sp³-hybridized carbons (Fsp3) is 0.308. The van der Waals surface area contributed by atoms with Gasteiger partial charge in [-0.05, 0) is 23.8 Å². The normalized spacial score (nSPS) is 12.7. The Balaban J connectivity index is 2.36. The van der Waals surface area contributed by atoms with E-state index < -0.39 is 11.9 Å². The molecule has 0 spiro atoms. The van der Waals surface area contributed by atoms with Gasteiger partial charge in [0.25, 0.3) is 0 Å². The molecule has 0 aliphatic carbocycles. The zero-order chi connectivity index (χ0) is 14.7. The van der Waals surface area contributed by atoms with Crippen molar-refractivity contribution in [1.29, 1.82) is 0 Å². The smallest absolute Gasteiger partial charge is 0.124 e. The van der Waals surface area contributed by atoms with Crippen LogP contribution in [0.1, 0.15) is 17.4 Å². The molecular formula is C13H13BrClFN2O2. The van der Waals surface area contributed by atoms with Gasteiger partial charge in [0.05, 0.1) is 30.1 Å². The van der Waals surface area contributed by atoms with Gasteiger partial charge in [-0.25, -0.2) is 4.39 Å². The van der Waals surface area contributed by atoms with Crippen molar-refractivity contribution in [2.45, 2.75) is 12.6 Å². The minimum Gasteiger partial charge on any atom is -0.383 e. The minimum absolute atomic E-state index is 0.328. The van der Waals surface area contributed by atoms with Gasteiger partial charge in [0.1, 0.15) is 11.9 Å². The molecule has 7 heteroatoms. The second-order valence-corrected chi connectivity index (χ2v) is 5.52. The van der Waals surface area contributed by atoms with E-state index in [0.717, 1.165) is 0 Å². The largest absolute Gasteiger partial charge is 0.383 e. The van der Waals surface area contributed by atoms with E-state index in [1.165, 1.54) is 18.3 Å². The van der Waals surface area contributed by atoms with Crippen molar-refractivity contribution in [3.05, 3.63) is 51.0 Å². The topological polar surface area (TPSA) is 47.3 Å². The van der Waals surface area contributed by atoms with Crippen molar-refractivity contribution in [1.82, 2.24) is 9.78 Å². The van der Waals surface area contributed by atoms with Gasteiger partial charge in [-0.2, -0.15) is 5.10 Å². The van der Waals surface area contributed by atoms with Crippen LogP contribution in [0, 0.1) is 5.82 Å². The molecule has 0 fully saturated rings. The lowest BCUT2D eigenvalue weighted by atomic mass is 10.1. The molecule has 0 aliphatic heterocycles. The third-order valence-electron chi connectivity index (χ3n) is 2.80. The molecule has 2 rings (SSSR count). The number of aliphatic hydroxyl groups excluding tert-OH is 1. The summed E-state index contributed by atoms with van der Waals surface area (Å²) >= 11 is 9.26. The Labute approximate surface area is 129 Å². The van der Waals surface area contributed by atoms with E-state index in [0.29, 0.717) is 33.9 Å². The molecule has 1 atom stereocenters. The molecule has 0 amide bonds. The SMILES string of the molecule is COCCn1ncc(Cl)c1C(O)c1cc(F)cc(Br)c1. The predicted molar refractivity (Wildman–Crippen MR) is 77.3 cm³/mol. The van der Waals surface area contributed by atoms with E-state index in [1.54, 1.807) is 17.9 Å². The number of nitrogens with zero attached hydrogens (tertiary/aromatic N) is 2. The number of ether oxygens (including phenoxy) is 1. The summed E-state index contributed by atoms with van der Waals surface area (Å²) in [6, 6.07) is 4.22. The molecule has 0 aliphatic rings. The molecular weight excluding hydrogens is 351 g/mol. The minimum atomic E-state index is -1.06. The van der Waals surface area contributed by atoms with Crippen LogP contribution in [0.15, 0.2) is 28.9 Å². The van der Waals surface area contributed by atoms with E-state index in [9.17, 15) is 9.50 Å². The molecule has 0 saturated heterocycles. The van der Waals surface area contributed by atoms with Crippen LogP contribution >= 0.6 is 27.5 Å². The van der Waals surface area contributed by atoms with Crippen LogP contribution in [0.25, 0.3) is 0 Å².